The first-order valence-electron chi connectivity index (χ1n) is 7.59. The summed E-state index contributed by atoms with van der Waals surface area (Å²) in [6.45, 7) is 0. The van der Waals surface area contributed by atoms with Gasteiger partial charge in [0.1, 0.15) is 0 Å². The smallest absolute Gasteiger partial charge is 0.338 e. The maximum Gasteiger partial charge on any atom is 0.338 e. The maximum atomic E-state index is 12.4. The molecule has 0 amide bonds. The summed E-state index contributed by atoms with van der Waals surface area (Å²) >= 11 is 0. The van der Waals surface area contributed by atoms with Gasteiger partial charge in [0.25, 0.3) is 0 Å². The van der Waals surface area contributed by atoms with Crippen molar-refractivity contribution in [1.29, 1.82) is 0 Å². The molecule has 0 aliphatic carbocycles. The second kappa shape index (κ2) is 6.93. The second-order valence-corrected chi connectivity index (χ2v) is 5.36. The zero-order valence-corrected chi connectivity index (χ0v) is 13.0. The van der Waals surface area contributed by atoms with Gasteiger partial charge >= 0.3 is 5.97 Å². The molecule has 0 heterocycles. The van der Waals surface area contributed by atoms with Gasteiger partial charge in [0.2, 0.25) is 0 Å². The van der Waals surface area contributed by atoms with Gasteiger partial charge in [0, 0.05) is 0 Å². The Bertz CT molecular complexity index is 793. The topological polar surface area (TPSA) is 26.3 Å². The summed E-state index contributed by atoms with van der Waals surface area (Å²) in [5.74, 6) is -0.296. The highest BCUT2D eigenvalue weighted by molar-refractivity contribution is 5.99. The van der Waals surface area contributed by atoms with E-state index in [2.05, 4.69) is 12.1 Å². The fraction of sp³-hybridized carbons (Fsp3) is 0.0952. The van der Waals surface area contributed by atoms with Gasteiger partial charge in [0.05, 0.1) is 12.7 Å². The second-order valence-electron chi connectivity index (χ2n) is 5.36. The van der Waals surface area contributed by atoms with E-state index in [1.807, 2.05) is 66.7 Å². The molecule has 0 radical (unpaired) electrons. The molecule has 0 saturated carbocycles. The molecule has 23 heavy (non-hydrogen) atoms. The van der Waals surface area contributed by atoms with Crippen LogP contribution in [0.15, 0.2) is 78.9 Å². The quantitative estimate of drug-likeness (QED) is 0.651. The Morgan fingerprint density at radius 1 is 0.826 bits per heavy atom. The van der Waals surface area contributed by atoms with Crippen LogP contribution in [-0.2, 0) is 11.2 Å². The van der Waals surface area contributed by atoms with Crippen LogP contribution in [0.4, 0.5) is 0 Å². The van der Waals surface area contributed by atoms with E-state index in [9.17, 15) is 4.79 Å². The lowest BCUT2D eigenvalue weighted by atomic mass is 9.92. The number of carbonyl (C=O) groups is 1. The largest absolute Gasteiger partial charge is 0.465 e. The monoisotopic (exact) mass is 302 g/mol. The SMILES string of the molecule is COC(=O)c1c(Cc2ccccc2)cccc1-c1ccccc1. The van der Waals surface area contributed by atoms with Gasteiger partial charge in [-0.25, -0.2) is 4.79 Å². The van der Waals surface area contributed by atoms with Gasteiger partial charge in [-0.3, -0.25) is 0 Å². The van der Waals surface area contributed by atoms with Crippen molar-refractivity contribution in [2.24, 2.45) is 0 Å². The maximum absolute atomic E-state index is 12.4. The molecule has 3 rings (SSSR count). The van der Waals surface area contributed by atoms with E-state index in [1.165, 1.54) is 12.7 Å². The number of carbonyl (C=O) groups excluding carboxylic acids is 1. The van der Waals surface area contributed by atoms with Crippen molar-refractivity contribution in [2.45, 2.75) is 6.42 Å². The first-order valence-corrected chi connectivity index (χ1v) is 7.59. The number of ether oxygens (including phenoxy) is 1. The molecule has 0 spiro atoms. The van der Waals surface area contributed by atoms with Gasteiger partial charge in [-0.1, -0.05) is 78.9 Å². The summed E-state index contributed by atoms with van der Waals surface area (Å²) in [7, 11) is 1.43. The van der Waals surface area contributed by atoms with Gasteiger partial charge in [-0.05, 0) is 28.7 Å². The van der Waals surface area contributed by atoms with Crippen molar-refractivity contribution in [3.05, 3.63) is 95.6 Å². The van der Waals surface area contributed by atoms with Crippen LogP contribution in [0, 0.1) is 0 Å². The molecule has 0 fully saturated rings. The first-order chi connectivity index (χ1) is 11.3. The molecular formula is C21H18O2. The van der Waals surface area contributed by atoms with E-state index >= 15 is 0 Å². The average Bonchev–Trinajstić information content (AvgIpc) is 2.62. The van der Waals surface area contributed by atoms with Crippen molar-refractivity contribution in [3.63, 3.8) is 0 Å². The van der Waals surface area contributed by atoms with E-state index in [0.717, 1.165) is 16.7 Å². The minimum atomic E-state index is -0.296. The molecule has 2 nitrogen and oxygen atoms in total. The summed E-state index contributed by atoms with van der Waals surface area (Å²) in [5, 5.41) is 0. The van der Waals surface area contributed by atoms with Crippen LogP contribution >= 0.6 is 0 Å². The molecule has 114 valence electrons. The summed E-state index contributed by atoms with van der Waals surface area (Å²) in [6, 6.07) is 26.0. The van der Waals surface area contributed by atoms with Crippen molar-refractivity contribution in [3.8, 4) is 11.1 Å². The third kappa shape index (κ3) is 3.32. The van der Waals surface area contributed by atoms with Crippen LogP contribution < -0.4 is 0 Å². The lowest BCUT2D eigenvalue weighted by Gasteiger charge is -2.13. The van der Waals surface area contributed by atoms with Gasteiger partial charge in [0.15, 0.2) is 0 Å². The average molecular weight is 302 g/mol. The summed E-state index contributed by atoms with van der Waals surface area (Å²) in [5.41, 5.74) is 4.71. The zero-order chi connectivity index (χ0) is 16.1. The first kappa shape index (κ1) is 15.0. The van der Waals surface area contributed by atoms with E-state index in [4.69, 9.17) is 4.74 Å². The Hall–Kier alpha value is -2.87. The van der Waals surface area contributed by atoms with E-state index in [0.29, 0.717) is 12.0 Å². The minimum Gasteiger partial charge on any atom is -0.465 e. The lowest BCUT2D eigenvalue weighted by Crippen LogP contribution is -2.08. The Morgan fingerprint density at radius 2 is 1.48 bits per heavy atom. The van der Waals surface area contributed by atoms with Crippen molar-refractivity contribution >= 4 is 5.97 Å². The summed E-state index contributed by atoms with van der Waals surface area (Å²) in [6.07, 6.45) is 0.700. The van der Waals surface area contributed by atoms with Crippen LogP contribution in [0.3, 0.4) is 0 Å². The van der Waals surface area contributed by atoms with Crippen molar-refractivity contribution in [2.75, 3.05) is 7.11 Å². The molecule has 0 N–H and O–H groups in total. The minimum absolute atomic E-state index is 0.296. The molecule has 0 unspecified atom stereocenters. The van der Waals surface area contributed by atoms with Crippen LogP contribution in [0.2, 0.25) is 0 Å². The van der Waals surface area contributed by atoms with Crippen LogP contribution in [0.1, 0.15) is 21.5 Å². The van der Waals surface area contributed by atoms with Gasteiger partial charge < -0.3 is 4.74 Å². The third-order valence-electron chi connectivity index (χ3n) is 3.86. The van der Waals surface area contributed by atoms with E-state index in [-0.39, 0.29) is 5.97 Å². The Labute approximate surface area is 136 Å². The molecule has 0 aromatic heterocycles. The summed E-state index contributed by atoms with van der Waals surface area (Å²) in [4.78, 5) is 12.4. The molecule has 0 bridgehead atoms. The number of benzene rings is 3. The highest BCUT2D eigenvalue weighted by Crippen LogP contribution is 2.28. The number of rotatable bonds is 4. The normalized spacial score (nSPS) is 10.3. The molecule has 2 heteroatoms. The fourth-order valence-electron chi connectivity index (χ4n) is 2.76. The number of esters is 1. The predicted molar refractivity (Wildman–Crippen MR) is 92.5 cm³/mol. The predicted octanol–water partition coefficient (Wildman–Crippen LogP) is 4.73. The fourth-order valence-corrected chi connectivity index (χ4v) is 2.76. The van der Waals surface area contributed by atoms with Crippen LogP contribution in [-0.4, -0.2) is 13.1 Å². The Balaban J connectivity index is 2.11. The van der Waals surface area contributed by atoms with Crippen LogP contribution in [0.5, 0.6) is 0 Å². The third-order valence-corrected chi connectivity index (χ3v) is 3.86. The van der Waals surface area contributed by atoms with Crippen molar-refractivity contribution < 1.29 is 9.53 Å². The molecule has 0 aliphatic rings. The molecule has 0 saturated heterocycles. The Morgan fingerprint density at radius 3 is 2.13 bits per heavy atom. The number of hydrogen-bond donors (Lipinski definition) is 0. The van der Waals surface area contributed by atoms with Crippen LogP contribution in [0.25, 0.3) is 11.1 Å². The molecule has 0 atom stereocenters. The molecular weight excluding hydrogens is 284 g/mol. The molecule has 3 aromatic rings. The van der Waals surface area contributed by atoms with E-state index < -0.39 is 0 Å². The number of methoxy groups -OCH3 is 1. The highest BCUT2D eigenvalue weighted by Gasteiger charge is 2.18. The highest BCUT2D eigenvalue weighted by atomic mass is 16.5. The summed E-state index contributed by atoms with van der Waals surface area (Å²) < 4.78 is 5.04. The van der Waals surface area contributed by atoms with E-state index in [1.54, 1.807) is 0 Å². The lowest BCUT2D eigenvalue weighted by molar-refractivity contribution is 0.0600. The number of hydrogen-bond acceptors (Lipinski definition) is 2. The van der Waals surface area contributed by atoms with Gasteiger partial charge in [-0.2, -0.15) is 0 Å². The van der Waals surface area contributed by atoms with Crippen molar-refractivity contribution in [1.82, 2.24) is 0 Å². The van der Waals surface area contributed by atoms with Gasteiger partial charge in [-0.15, -0.1) is 0 Å². The zero-order valence-electron chi connectivity index (χ0n) is 13.0. The molecule has 3 aromatic carbocycles. The molecule has 0 aliphatic heterocycles. The Kier molecular flexibility index (Phi) is 4.53. The standard InChI is InChI=1S/C21H18O2/c1-23-21(22)20-18(15-16-9-4-2-5-10-16)13-8-14-19(20)17-11-6-3-7-12-17/h2-14H,15H2,1H3.